The van der Waals surface area contributed by atoms with Crippen LogP contribution in [0.4, 0.5) is 5.69 Å². The van der Waals surface area contributed by atoms with Crippen LogP contribution in [0.5, 0.6) is 0 Å². The van der Waals surface area contributed by atoms with Gasteiger partial charge in [0.15, 0.2) is 0 Å². The van der Waals surface area contributed by atoms with Gasteiger partial charge >= 0.3 is 5.97 Å². The number of nitrogens with one attached hydrogen (secondary N) is 1. The van der Waals surface area contributed by atoms with Crippen LogP contribution in [-0.2, 0) is 4.74 Å². The van der Waals surface area contributed by atoms with E-state index in [1.165, 1.54) is 25.6 Å². The van der Waals surface area contributed by atoms with Crippen molar-refractivity contribution in [2.24, 2.45) is 5.18 Å². The minimum Gasteiger partial charge on any atom is -0.465 e. The van der Waals surface area contributed by atoms with Crippen LogP contribution in [-0.4, -0.2) is 23.0 Å². The number of carbonyl (C=O) groups is 1. The number of nitrogens with zero attached hydrogens (tertiary/aromatic N) is 2. The number of rotatable bonds is 2. The van der Waals surface area contributed by atoms with E-state index >= 15 is 0 Å². The molecule has 86 valence electrons. The molecule has 7 heteroatoms. The van der Waals surface area contributed by atoms with Gasteiger partial charge in [-0.3, -0.25) is 4.79 Å². The molecule has 0 atom stereocenters. The fraction of sp³-hybridized carbons (Fsp3) is 0.100. The van der Waals surface area contributed by atoms with Gasteiger partial charge in [0.05, 0.1) is 29.9 Å². The number of ether oxygens (including phenoxy) is 1. The zero-order valence-corrected chi connectivity index (χ0v) is 8.76. The Morgan fingerprint density at radius 3 is 2.88 bits per heavy atom. The van der Waals surface area contributed by atoms with E-state index in [0.29, 0.717) is 0 Å². The van der Waals surface area contributed by atoms with E-state index in [-0.39, 0.29) is 22.2 Å². The molecule has 7 nitrogen and oxygen atoms in total. The highest BCUT2D eigenvalue weighted by molar-refractivity contribution is 6.03. The monoisotopic (exact) mass is 233 g/mol. The third kappa shape index (κ3) is 1.78. The summed E-state index contributed by atoms with van der Waals surface area (Å²) in [6, 6.07) is 2.49. The second kappa shape index (κ2) is 4.12. The van der Waals surface area contributed by atoms with Crippen molar-refractivity contribution < 1.29 is 9.53 Å². The molecule has 1 aromatic carbocycles. The van der Waals surface area contributed by atoms with Gasteiger partial charge in [0.1, 0.15) is 5.69 Å². The van der Waals surface area contributed by atoms with Crippen LogP contribution in [0.1, 0.15) is 10.4 Å². The number of hydrogen-bond acceptors (Lipinski definition) is 6. The molecule has 0 spiro atoms. The predicted octanol–water partition coefficient (Wildman–Crippen LogP) is 1.11. The summed E-state index contributed by atoms with van der Waals surface area (Å²) < 4.78 is 4.55. The molecule has 1 aromatic heterocycles. The first kappa shape index (κ1) is 10.9. The molecule has 17 heavy (non-hydrogen) atoms. The van der Waals surface area contributed by atoms with E-state index < -0.39 is 11.5 Å². The lowest BCUT2D eigenvalue weighted by Gasteiger charge is -2.03. The Hall–Kier alpha value is -2.57. The molecule has 0 saturated carbocycles. The number of nitroso groups, excluding NO2 is 1. The maximum atomic E-state index is 11.5. The van der Waals surface area contributed by atoms with Gasteiger partial charge in [-0.2, -0.15) is 0 Å². The van der Waals surface area contributed by atoms with Gasteiger partial charge in [0.2, 0.25) is 0 Å². The highest BCUT2D eigenvalue weighted by Crippen LogP contribution is 2.22. The number of esters is 1. The van der Waals surface area contributed by atoms with Gasteiger partial charge in [-0.1, -0.05) is 0 Å². The first-order chi connectivity index (χ1) is 8.17. The molecule has 0 aliphatic heterocycles. The Kier molecular flexibility index (Phi) is 2.65. The van der Waals surface area contributed by atoms with Gasteiger partial charge in [-0.05, 0) is 17.3 Å². The van der Waals surface area contributed by atoms with Gasteiger partial charge in [-0.25, -0.2) is 9.78 Å². The number of methoxy groups -OCH3 is 1. The van der Waals surface area contributed by atoms with Crippen LogP contribution in [0.3, 0.4) is 0 Å². The summed E-state index contributed by atoms with van der Waals surface area (Å²) in [5.41, 5.74) is -0.277. The van der Waals surface area contributed by atoms with Crippen molar-refractivity contribution in [3.05, 3.63) is 39.3 Å². The number of H-pyrrole nitrogens is 1. The minimum atomic E-state index is -0.682. The van der Waals surface area contributed by atoms with Crippen molar-refractivity contribution >= 4 is 22.6 Å². The second-order valence-corrected chi connectivity index (χ2v) is 3.20. The fourth-order valence-corrected chi connectivity index (χ4v) is 1.48. The molecule has 0 bridgehead atoms. The highest BCUT2D eigenvalue weighted by atomic mass is 16.5. The van der Waals surface area contributed by atoms with Crippen LogP contribution >= 0.6 is 0 Å². The Balaban J connectivity index is 2.90. The molecule has 0 radical (unpaired) electrons. The molecule has 2 aromatic rings. The standard InChI is InChI=1S/C10H7N3O4/c1-17-10(15)7-3-5(13-16)2-6-8(7)11-4-12-9(6)14/h2-4H,1H3,(H,11,12,14). The summed E-state index contributed by atoms with van der Waals surface area (Å²) in [5.74, 6) is -0.682. The molecule has 0 fully saturated rings. The number of carbonyl (C=O) groups excluding carboxylic acids is 1. The minimum absolute atomic E-state index is 0.0311. The molecule has 1 heterocycles. The Morgan fingerprint density at radius 1 is 1.47 bits per heavy atom. The van der Waals surface area contributed by atoms with Crippen molar-refractivity contribution in [2.45, 2.75) is 0 Å². The predicted molar refractivity (Wildman–Crippen MR) is 59.2 cm³/mol. The maximum Gasteiger partial charge on any atom is 0.340 e. The Bertz CT molecular complexity index is 662. The van der Waals surface area contributed by atoms with E-state index in [4.69, 9.17) is 0 Å². The van der Waals surface area contributed by atoms with Gasteiger partial charge < -0.3 is 9.72 Å². The van der Waals surface area contributed by atoms with Gasteiger partial charge in [0, 0.05) is 0 Å². The van der Waals surface area contributed by atoms with Crippen molar-refractivity contribution in [2.75, 3.05) is 7.11 Å². The number of aromatic nitrogens is 2. The normalized spacial score (nSPS) is 10.2. The van der Waals surface area contributed by atoms with E-state index in [9.17, 15) is 14.5 Å². The van der Waals surface area contributed by atoms with Gasteiger partial charge in [0.25, 0.3) is 5.56 Å². The molecular weight excluding hydrogens is 226 g/mol. The van der Waals surface area contributed by atoms with Gasteiger partial charge in [-0.15, -0.1) is 4.91 Å². The number of fused-ring (bicyclic) bond motifs is 1. The lowest BCUT2D eigenvalue weighted by molar-refractivity contribution is 0.0603. The highest BCUT2D eigenvalue weighted by Gasteiger charge is 2.15. The summed E-state index contributed by atoms with van der Waals surface area (Å²) in [6.07, 6.45) is 1.17. The zero-order chi connectivity index (χ0) is 12.4. The maximum absolute atomic E-state index is 11.5. The summed E-state index contributed by atoms with van der Waals surface area (Å²) >= 11 is 0. The fourth-order valence-electron chi connectivity index (χ4n) is 1.48. The molecule has 0 unspecified atom stereocenters. The third-order valence-corrected chi connectivity index (χ3v) is 2.24. The molecule has 0 aliphatic rings. The molecular formula is C10H7N3O4. The number of benzene rings is 1. The molecule has 0 saturated heterocycles. The number of aromatic amines is 1. The lowest BCUT2D eigenvalue weighted by Crippen LogP contribution is -2.10. The topological polar surface area (TPSA) is 101 Å². The third-order valence-electron chi connectivity index (χ3n) is 2.24. The van der Waals surface area contributed by atoms with Crippen LogP contribution in [0.25, 0.3) is 10.9 Å². The van der Waals surface area contributed by atoms with Crippen molar-refractivity contribution in [3.8, 4) is 0 Å². The van der Waals surface area contributed by atoms with E-state index in [0.717, 1.165) is 0 Å². The van der Waals surface area contributed by atoms with Crippen molar-refractivity contribution in [1.82, 2.24) is 9.97 Å². The summed E-state index contributed by atoms with van der Waals surface area (Å²) in [4.78, 5) is 39.7. The summed E-state index contributed by atoms with van der Waals surface area (Å²) in [7, 11) is 1.20. The van der Waals surface area contributed by atoms with Crippen LogP contribution in [0.15, 0.2) is 28.4 Å². The van der Waals surface area contributed by atoms with E-state index in [2.05, 4.69) is 19.9 Å². The molecule has 0 aliphatic carbocycles. The second-order valence-electron chi connectivity index (χ2n) is 3.20. The molecule has 1 N–H and O–H groups in total. The van der Waals surface area contributed by atoms with Crippen LogP contribution in [0.2, 0.25) is 0 Å². The molecule has 0 amide bonds. The van der Waals surface area contributed by atoms with Crippen molar-refractivity contribution in [3.63, 3.8) is 0 Å². The summed E-state index contributed by atoms with van der Waals surface area (Å²) in [5, 5.41) is 2.82. The molecule has 2 rings (SSSR count). The Labute approximate surface area is 94.4 Å². The quantitative estimate of drug-likeness (QED) is 0.618. The van der Waals surface area contributed by atoms with Crippen LogP contribution < -0.4 is 5.56 Å². The average Bonchev–Trinajstić information content (AvgIpc) is 2.37. The van der Waals surface area contributed by atoms with Crippen LogP contribution in [0, 0.1) is 4.91 Å². The number of hydrogen-bond donors (Lipinski definition) is 1. The SMILES string of the molecule is COC(=O)c1cc(N=O)cc2c(=O)[nH]cnc12. The average molecular weight is 233 g/mol. The van der Waals surface area contributed by atoms with E-state index in [1.807, 2.05) is 0 Å². The first-order valence-electron chi connectivity index (χ1n) is 4.60. The van der Waals surface area contributed by atoms with E-state index in [1.54, 1.807) is 0 Å². The lowest BCUT2D eigenvalue weighted by atomic mass is 10.1. The smallest absolute Gasteiger partial charge is 0.340 e. The summed E-state index contributed by atoms with van der Waals surface area (Å²) in [6.45, 7) is 0. The Morgan fingerprint density at radius 2 is 2.24 bits per heavy atom. The zero-order valence-electron chi connectivity index (χ0n) is 8.76. The van der Waals surface area contributed by atoms with Crippen molar-refractivity contribution in [1.29, 1.82) is 0 Å². The largest absolute Gasteiger partial charge is 0.465 e. The first-order valence-corrected chi connectivity index (χ1v) is 4.60.